The van der Waals surface area contributed by atoms with Gasteiger partial charge in [-0.1, -0.05) is 5.21 Å². The van der Waals surface area contributed by atoms with Crippen LogP contribution in [0.25, 0.3) is 33.7 Å². The fourth-order valence-corrected chi connectivity index (χ4v) is 4.20. The van der Waals surface area contributed by atoms with Crippen LogP contribution in [0.3, 0.4) is 0 Å². The summed E-state index contributed by atoms with van der Waals surface area (Å²) in [4.78, 5) is 15.6. The van der Waals surface area contributed by atoms with Gasteiger partial charge >= 0.3 is 0 Å². The van der Waals surface area contributed by atoms with E-state index in [9.17, 15) is 0 Å². The summed E-state index contributed by atoms with van der Waals surface area (Å²) in [5.41, 5.74) is 5.83. The lowest BCUT2D eigenvalue weighted by Crippen LogP contribution is -2.44. The van der Waals surface area contributed by atoms with Gasteiger partial charge in [0.15, 0.2) is 5.82 Å². The second kappa shape index (κ2) is 7.21. The average molecular weight is 403 g/mol. The average Bonchev–Trinajstić information content (AvgIpc) is 3.33. The summed E-state index contributed by atoms with van der Waals surface area (Å²) in [5, 5.41) is 9.51. The summed E-state index contributed by atoms with van der Waals surface area (Å²) in [5.74, 6) is 1.60. The number of rotatable bonds is 3. The number of H-pyrrole nitrogens is 1. The third kappa shape index (κ3) is 3.13. The third-order valence-corrected chi connectivity index (χ3v) is 5.67. The zero-order valence-corrected chi connectivity index (χ0v) is 17.7. The maximum Gasteiger partial charge on any atom is 0.162 e. The quantitative estimate of drug-likeness (QED) is 0.565. The van der Waals surface area contributed by atoms with Crippen molar-refractivity contribution in [2.24, 2.45) is 7.05 Å². The van der Waals surface area contributed by atoms with E-state index in [0.717, 1.165) is 51.5 Å². The maximum atomic E-state index is 5.64. The summed E-state index contributed by atoms with van der Waals surface area (Å²) in [6.45, 7) is 8.39. The number of nitrogens with one attached hydrogen (secondary N) is 1. The van der Waals surface area contributed by atoms with E-state index in [4.69, 9.17) is 14.7 Å². The number of aromatic nitrogens is 6. The van der Waals surface area contributed by atoms with Gasteiger partial charge < -0.3 is 14.6 Å². The van der Waals surface area contributed by atoms with Gasteiger partial charge in [0.1, 0.15) is 11.5 Å². The molecule has 0 spiro atoms. The SMILES string of the molecule is Cc1cc(-c2nc(-c3c(C)nnn3C)cc(N3CCOC[C@H]3C)n2)c2cc[nH]c2c1. The molecule has 0 saturated carbocycles. The van der Waals surface area contributed by atoms with Gasteiger partial charge in [-0.3, -0.25) is 0 Å². The predicted molar refractivity (Wildman–Crippen MR) is 116 cm³/mol. The molecule has 5 rings (SSSR count). The number of benzene rings is 1. The predicted octanol–water partition coefficient (Wildman–Crippen LogP) is 3.26. The highest BCUT2D eigenvalue weighted by Gasteiger charge is 2.24. The molecular formula is C22H25N7O. The van der Waals surface area contributed by atoms with Crippen LogP contribution in [0.4, 0.5) is 5.82 Å². The Hall–Kier alpha value is -3.26. The van der Waals surface area contributed by atoms with Crippen LogP contribution in [0.1, 0.15) is 18.2 Å². The summed E-state index contributed by atoms with van der Waals surface area (Å²) in [6.07, 6.45) is 1.96. The van der Waals surface area contributed by atoms with Crippen LogP contribution in [0.2, 0.25) is 0 Å². The molecule has 1 N–H and O–H groups in total. The molecule has 0 amide bonds. The molecule has 3 aromatic heterocycles. The molecule has 0 bridgehead atoms. The van der Waals surface area contributed by atoms with Gasteiger partial charge in [-0.2, -0.15) is 0 Å². The molecule has 1 saturated heterocycles. The lowest BCUT2D eigenvalue weighted by Gasteiger charge is -2.34. The minimum atomic E-state index is 0.241. The summed E-state index contributed by atoms with van der Waals surface area (Å²) >= 11 is 0. The van der Waals surface area contributed by atoms with Gasteiger partial charge in [-0.05, 0) is 44.5 Å². The van der Waals surface area contributed by atoms with Gasteiger partial charge in [0.25, 0.3) is 0 Å². The van der Waals surface area contributed by atoms with Crippen LogP contribution in [-0.4, -0.2) is 55.7 Å². The van der Waals surface area contributed by atoms with Crippen molar-refractivity contribution < 1.29 is 4.74 Å². The van der Waals surface area contributed by atoms with Gasteiger partial charge in [0.05, 0.1) is 30.6 Å². The Bertz CT molecular complexity index is 1210. The smallest absolute Gasteiger partial charge is 0.162 e. The summed E-state index contributed by atoms with van der Waals surface area (Å²) in [6, 6.07) is 8.65. The first-order chi connectivity index (χ1) is 14.5. The zero-order valence-electron chi connectivity index (χ0n) is 17.7. The number of ether oxygens (including phenoxy) is 1. The Morgan fingerprint density at radius 3 is 2.80 bits per heavy atom. The van der Waals surface area contributed by atoms with Crippen molar-refractivity contribution in [1.82, 2.24) is 29.9 Å². The standard InChI is InChI=1S/C22H25N7O/c1-13-9-17(16-5-6-23-18(16)10-13)22-24-19(21-15(3)26-27-28(21)4)11-20(25-22)29-7-8-30-12-14(29)2/h5-6,9-11,14,23H,7-8,12H2,1-4H3/t14-/m1/s1. The van der Waals surface area contributed by atoms with Crippen molar-refractivity contribution in [3.05, 3.63) is 41.7 Å². The molecule has 1 fully saturated rings. The van der Waals surface area contributed by atoms with Gasteiger partial charge in [0, 0.05) is 42.3 Å². The van der Waals surface area contributed by atoms with Crippen LogP contribution in [0, 0.1) is 13.8 Å². The number of aryl methyl sites for hydroxylation is 3. The maximum absolute atomic E-state index is 5.64. The van der Waals surface area contributed by atoms with E-state index in [1.807, 2.05) is 26.2 Å². The van der Waals surface area contributed by atoms with Crippen molar-refractivity contribution in [2.75, 3.05) is 24.7 Å². The Morgan fingerprint density at radius 1 is 1.17 bits per heavy atom. The normalized spacial score (nSPS) is 17.1. The van der Waals surface area contributed by atoms with Gasteiger partial charge in [-0.15, -0.1) is 5.10 Å². The minimum absolute atomic E-state index is 0.241. The van der Waals surface area contributed by atoms with E-state index in [0.29, 0.717) is 19.0 Å². The highest BCUT2D eigenvalue weighted by atomic mass is 16.5. The number of fused-ring (bicyclic) bond motifs is 1. The first kappa shape index (κ1) is 18.7. The molecule has 0 radical (unpaired) electrons. The fourth-order valence-electron chi connectivity index (χ4n) is 4.20. The summed E-state index contributed by atoms with van der Waals surface area (Å²) in [7, 11) is 1.89. The molecule has 8 nitrogen and oxygen atoms in total. The van der Waals surface area contributed by atoms with Crippen molar-refractivity contribution in [1.29, 1.82) is 0 Å². The van der Waals surface area contributed by atoms with Crippen LogP contribution >= 0.6 is 0 Å². The van der Waals surface area contributed by atoms with E-state index >= 15 is 0 Å². The third-order valence-electron chi connectivity index (χ3n) is 5.67. The number of hydrogen-bond donors (Lipinski definition) is 1. The number of nitrogens with zero attached hydrogens (tertiary/aromatic N) is 6. The molecule has 1 atom stereocenters. The molecule has 1 aliphatic heterocycles. The van der Waals surface area contributed by atoms with Crippen molar-refractivity contribution >= 4 is 16.7 Å². The zero-order chi connectivity index (χ0) is 20.8. The van der Waals surface area contributed by atoms with E-state index in [2.05, 4.69) is 52.2 Å². The molecule has 0 unspecified atom stereocenters. The number of anilines is 1. The number of aromatic amines is 1. The number of hydrogen-bond acceptors (Lipinski definition) is 6. The van der Waals surface area contributed by atoms with E-state index < -0.39 is 0 Å². The molecule has 4 aromatic rings. The molecular weight excluding hydrogens is 378 g/mol. The Balaban J connectivity index is 1.75. The van der Waals surface area contributed by atoms with E-state index in [1.54, 1.807) is 4.68 Å². The van der Waals surface area contributed by atoms with Gasteiger partial charge in [-0.25, -0.2) is 14.6 Å². The Kier molecular flexibility index (Phi) is 4.51. The van der Waals surface area contributed by atoms with Crippen LogP contribution < -0.4 is 4.90 Å². The summed E-state index contributed by atoms with van der Waals surface area (Å²) < 4.78 is 7.41. The lowest BCUT2D eigenvalue weighted by molar-refractivity contribution is 0.0985. The molecule has 154 valence electrons. The Morgan fingerprint density at radius 2 is 2.03 bits per heavy atom. The molecule has 0 aliphatic carbocycles. The number of morpholine rings is 1. The van der Waals surface area contributed by atoms with Gasteiger partial charge in [0.2, 0.25) is 0 Å². The molecule has 1 aliphatic rings. The molecule has 8 heteroatoms. The monoisotopic (exact) mass is 403 g/mol. The van der Waals surface area contributed by atoms with Crippen molar-refractivity contribution in [2.45, 2.75) is 26.8 Å². The largest absolute Gasteiger partial charge is 0.377 e. The van der Waals surface area contributed by atoms with Crippen molar-refractivity contribution in [3.63, 3.8) is 0 Å². The van der Waals surface area contributed by atoms with Crippen molar-refractivity contribution in [3.8, 4) is 22.8 Å². The highest BCUT2D eigenvalue weighted by Crippen LogP contribution is 2.32. The first-order valence-corrected chi connectivity index (χ1v) is 10.2. The topological polar surface area (TPSA) is 84.8 Å². The van der Waals surface area contributed by atoms with E-state index in [-0.39, 0.29) is 6.04 Å². The second-order valence-electron chi connectivity index (χ2n) is 7.95. The van der Waals surface area contributed by atoms with Crippen LogP contribution in [-0.2, 0) is 11.8 Å². The first-order valence-electron chi connectivity index (χ1n) is 10.2. The Labute approximate surface area is 174 Å². The molecule has 1 aromatic carbocycles. The second-order valence-corrected chi connectivity index (χ2v) is 7.95. The van der Waals surface area contributed by atoms with E-state index in [1.165, 1.54) is 0 Å². The minimum Gasteiger partial charge on any atom is -0.377 e. The molecule has 30 heavy (non-hydrogen) atoms. The lowest BCUT2D eigenvalue weighted by atomic mass is 10.1. The fraction of sp³-hybridized carbons (Fsp3) is 0.364. The molecule has 4 heterocycles. The van der Waals surface area contributed by atoms with Crippen LogP contribution in [0.15, 0.2) is 30.5 Å². The highest BCUT2D eigenvalue weighted by molar-refractivity contribution is 5.94. The van der Waals surface area contributed by atoms with Crippen LogP contribution in [0.5, 0.6) is 0 Å².